The quantitative estimate of drug-likeness (QED) is 0.845. The molecule has 1 heterocycles. The third-order valence-corrected chi connectivity index (χ3v) is 4.14. The summed E-state index contributed by atoms with van der Waals surface area (Å²) < 4.78 is 5.27. The van der Waals surface area contributed by atoms with E-state index in [1.165, 1.54) is 0 Å². The first-order valence-electron chi connectivity index (χ1n) is 7.96. The molecule has 1 aliphatic heterocycles. The average Bonchev–Trinajstić information content (AvgIpc) is 2.58. The van der Waals surface area contributed by atoms with Crippen molar-refractivity contribution < 1.29 is 14.3 Å². The molecule has 0 aromatic heterocycles. The summed E-state index contributed by atoms with van der Waals surface area (Å²) in [4.78, 5) is 27.3. The number of carbonyl (C=O) groups is 2. The van der Waals surface area contributed by atoms with Gasteiger partial charge in [-0.15, -0.1) is 0 Å². The molecule has 2 rings (SSSR count). The van der Waals surface area contributed by atoms with E-state index >= 15 is 0 Å². The molecule has 1 aromatic carbocycles. The number of amides is 2. The van der Waals surface area contributed by atoms with E-state index in [9.17, 15) is 9.59 Å². The highest BCUT2D eigenvalue weighted by atomic mass is 16.5. The number of hydrogen-bond donors (Lipinski definition) is 1. The Bertz CT molecular complexity index is 540. The maximum Gasteiger partial charge on any atom is 0.221 e. The molecule has 0 bridgehead atoms. The largest absolute Gasteiger partial charge is 0.496 e. The monoisotopic (exact) mass is 319 g/mol. The Kier molecular flexibility index (Phi) is 6.40. The maximum atomic E-state index is 12.0. The number of para-hydroxylation sites is 1. The molecule has 1 aromatic rings. The van der Waals surface area contributed by atoms with Crippen LogP contribution in [0.4, 0.5) is 0 Å². The summed E-state index contributed by atoms with van der Waals surface area (Å²) in [6, 6.07) is 7.67. The first-order chi connectivity index (χ1) is 11.1. The lowest BCUT2D eigenvalue weighted by atomic mass is 10.2. The zero-order chi connectivity index (χ0) is 16.7. The van der Waals surface area contributed by atoms with Gasteiger partial charge in [-0.1, -0.05) is 18.2 Å². The summed E-state index contributed by atoms with van der Waals surface area (Å²) in [7, 11) is 1.63. The van der Waals surface area contributed by atoms with Gasteiger partial charge in [-0.25, -0.2) is 0 Å². The van der Waals surface area contributed by atoms with Gasteiger partial charge in [0.2, 0.25) is 11.8 Å². The number of benzene rings is 1. The van der Waals surface area contributed by atoms with Crippen LogP contribution in [-0.4, -0.2) is 61.4 Å². The first kappa shape index (κ1) is 17.3. The highest BCUT2D eigenvalue weighted by Gasteiger charge is 2.18. The smallest absolute Gasteiger partial charge is 0.221 e. The van der Waals surface area contributed by atoms with Crippen molar-refractivity contribution >= 4 is 11.8 Å². The minimum atomic E-state index is 0.0323. The second-order valence-electron chi connectivity index (χ2n) is 5.69. The molecular formula is C17H25N3O3. The van der Waals surface area contributed by atoms with Crippen LogP contribution in [0.2, 0.25) is 0 Å². The Labute approximate surface area is 137 Å². The molecule has 0 atom stereocenters. The first-order valence-corrected chi connectivity index (χ1v) is 7.96. The number of nitrogens with one attached hydrogen (secondary N) is 1. The van der Waals surface area contributed by atoms with Crippen molar-refractivity contribution in [3.05, 3.63) is 29.8 Å². The predicted octanol–water partition coefficient (Wildman–Crippen LogP) is 0.866. The fourth-order valence-corrected chi connectivity index (χ4v) is 2.68. The van der Waals surface area contributed by atoms with Crippen molar-refractivity contribution in [2.75, 3.05) is 39.8 Å². The summed E-state index contributed by atoms with van der Waals surface area (Å²) in [5.74, 6) is 0.942. The molecule has 23 heavy (non-hydrogen) atoms. The van der Waals surface area contributed by atoms with Gasteiger partial charge in [-0.2, -0.15) is 0 Å². The molecule has 0 spiro atoms. The molecule has 2 amide bonds. The highest BCUT2D eigenvalue weighted by Crippen LogP contribution is 2.16. The van der Waals surface area contributed by atoms with Crippen molar-refractivity contribution in [3.63, 3.8) is 0 Å². The van der Waals surface area contributed by atoms with Crippen LogP contribution in [-0.2, 0) is 16.1 Å². The van der Waals surface area contributed by atoms with Crippen LogP contribution >= 0.6 is 0 Å². The molecule has 6 heteroatoms. The van der Waals surface area contributed by atoms with E-state index in [1.807, 2.05) is 29.2 Å². The van der Waals surface area contributed by atoms with Crippen molar-refractivity contribution in [2.24, 2.45) is 0 Å². The van der Waals surface area contributed by atoms with Crippen molar-refractivity contribution in [3.8, 4) is 5.75 Å². The lowest BCUT2D eigenvalue weighted by molar-refractivity contribution is -0.131. The second-order valence-corrected chi connectivity index (χ2v) is 5.69. The summed E-state index contributed by atoms with van der Waals surface area (Å²) in [6.45, 7) is 5.96. The standard InChI is InChI=1S/C17H25N3O3/c1-14(21)20-11-9-19(10-12-20)8-7-17(22)18-13-15-5-3-4-6-16(15)23-2/h3-6H,7-13H2,1-2H3,(H,18,22). The number of piperazine rings is 1. The van der Waals surface area contributed by atoms with Gasteiger partial charge >= 0.3 is 0 Å². The van der Waals surface area contributed by atoms with Gasteiger partial charge in [0.1, 0.15) is 5.75 Å². The minimum absolute atomic E-state index is 0.0323. The zero-order valence-corrected chi connectivity index (χ0v) is 13.9. The molecule has 0 radical (unpaired) electrons. The van der Waals surface area contributed by atoms with Gasteiger partial charge in [-0.05, 0) is 6.07 Å². The third kappa shape index (κ3) is 5.25. The summed E-state index contributed by atoms with van der Waals surface area (Å²) in [6.07, 6.45) is 0.467. The number of nitrogens with zero attached hydrogens (tertiary/aromatic N) is 2. The molecule has 1 aliphatic rings. The van der Waals surface area contributed by atoms with E-state index in [0.717, 1.165) is 44.0 Å². The molecule has 126 valence electrons. The second kappa shape index (κ2) is 8.53. The van der Waals surface area contributed by atoms with Crippen LogP contribution < -0.4 is 10.1 Å². The van der Waals surface area contributed by atoms with E-state index in [4.69, 9.17) is 4.74 Å². The number of carbonyl (C=O) groups excluding carboxylic acids is 2. The Morgan fingerprint density at radius 2 is 1.87 bits per heavy atom. The zero-order valence-electron chi connectivity index (χ0n) is 13.9. The molecule has 1 fully saturated rings. The molecular weight excluding hydrogens is 294 g/mol. The topological polar surface area (TPSA) is 61.9 Å². The molecule has 0 aliphatic carbocycles. The van der Waals surface area contributed by atoms with Crippen LogP contribution in [0, 0.1) is 0 Å². The van der Waals surface area contributed by atoms with Gasteiger partial charge in [0, 0.05) is 58.2 Å². The van der Waals surface area contributed by atoms with Gasteiger partial charge < -0.3 is 15.0 Å². The number of rotatable bonds is 6. The van der Waals surface area contributed by atoms with Crippen LogP contribution in [0.3, 0.4) is 0 Å². The number of hydrogen-bond acceptors (Lipinski definition) is 4. The molecule has 1 saturated heterocycles. The Hall–Kier alpha value is -2.08. The Morgan fingerprint density at radius 3 is 2.52 bits per heavy atom. The molecule has 1 N–H and O–H groups in total. The summed E-state index contributed by atoms with van der Waals surface area (Å²) in [5.41, 5.74) is 0.971. The van der Waals surface area contributed by atoms with Gasteiger partial charge in [0.05, 0.1) is 7.11 Å². The number of ether oxygens (including phenoxy) is 1. The van der Waals surface area contributed by atoms with Crippen LogP contribution in [0.1, 0.15) is 18.9 Å². The van der Waals surface area contributed by atoms with E-state index in [-0.39, 0.29) is 11.8 Å². The Morgan fingerprint density at radius 1 is 1.17 bits per heavy atom. The van der Waals surface area contributed by atoms with Crippen LogP contribution in [0.25, 0.3) is 0 Å². The van der Waals surface area contributed by atoms with Gasteiger partial charge in [-0.3, -0.25) is 14.5 Å². The van der Waals surface area contributed by atoms with Gasteiger partial charge in [0.15, 0.2) is 0 Å². The fourth-order valence-electron chi connectivity index (χ4n) is 2.68. The number of methoxy groups -OCH3 is 1. The third-order valence-electron chi connectivity index (χ3n) is 4.14. The summed E-state index contributed by atoms with van der Waals surface area (Å²) >= 11 is 0. The fraction of sp³-hybridized carbons (Fsp3) is 0.529. The summed E-state index contributed by atoms with van der Waals surface area (Å²) in [5, 5.41) is 2.93. The average molecular weight is 319 g/mol. The lowest BCUT2D eigenvalue weighted by Gasteiger charge is -2.34. The van der Waals surface area contributed by atoms with E-state index in [0.29, 0.717) is 13.0 Å². The van der Waals surface area contributed by atoms with E-state index in [2.05, 4.69) is 10.2 Å². The van der Waals surface area contributed by atoms with Crippen LogP contribution in [0.5, 0.6) is 5.75 Å². The molecule has 0 unspecified atom stereocenters. The maximum absolute atomic E-state index is 12.0. The minimum Gasteiger partial charge on any atom is -0.496 e. The highest BCUT2D eigenvalue weighted by molar-refractivity contribution is 5.76. The molecule has 0 saturated carbocycles. The van der Waals surface area contributed by atoms with E-state index in [1.54, 1.807) is 14.0 Å². The van der Waals surface area contributed by atoms with Gasteiger partial charge in [0.25, 0.3) is 0 Å². The normalized spacial score (nSPS) is 15.3. The SMILES string of the molecule is COc1ccccc1CNC(=O)CCN1CCN(C(C)=O)CC1. The Balaban J connectivity index is 1.69. The van der Waals surface area contributed by atoms with Crippen molar-refractivity contribution in [2.45, 2.75) is 19.9 Å². The lowest BCUT2D eigenvalue weighted by Crippen LogP contribution is -2.48. The van der Waals surface area contributed by atoms with E-state index < -0.39 is 0 Å². The predicted molar refractivity (Wildman–Crippen MR) is 88.2 cm³/mol. The molecule has 6 nitrogen and oxygen atoms in total. The van der Waals surface area contributed by atoms with Crippen molar-refractivity contribution in [1.29, 1.82) is 0 Å². The van der Waals surface area contributed by atoms with Crippen LogP contribution in [0.15, 0.2) is 24.3 Å². The van der Waals surface area contributed by atoms with Crippen molar-refractivity contribution in [1.82, 2.24) is 15.1 Å².